The Morgan fingerprint density at radius 2 is 1.40 bits per heavy atom. The van der Waals surface area contributed by atoms with Crippen molar-refractivity contribution >= 4 is 5.57 Å². The summed E-state index contributed by atoms with van der Waals surface area (Å²) < 4.78 is 1.32. The van der Waals surface area contributed by atoms with Crippen LogP contribution in [-0.2, 0) is 0 Å². The molecule has 2 heteroatoms. The summed E-state index contributed by atoms with van der Waals surface area (Å²) in [5.74, 6) is 0.789. The van der Waals surface area contributed by atoms with Gasteiger partial charge in [0.05, 0.1) is 19.6 Å². The zero-order chi connectivity index (χ0) is 16.4. The predicted octanol–water partition coefficient (Wildman–Crippen LogP) is 2.14. The van der Waals surface area contributed by atoms with Crippen molar-refractivity contribution in [3.05, 3.63) is 77.4 Å². The number of hydrogen-bond donors (Lipinski definition) is 0. The van der Waals surface area contributed by atoms with Crippen LogP contribution >= 0.6 is 0 Å². The van der Waals surface area contributed by atoms with E-state index in [1.807, 2.05) is 0 Å². The van der Waals surface area contributed by atoms with Gasteiger partial charge in [-0.15, -0.1) is 0 Å². The minimum atomic E-state index is 0. The summed E-state index contributed by atoms with van der Waals surface area (Å²) in [6, 6.07) is 22.1. The molecule has 3 aliphatic heterocycles. The number of benzene rings is 2. The van der Waals surface area contributed by atoms with Gasteiger partial charge in [0.2, 0.25) is 0 Å². The van der Waals surface area contributed by atoms with E-state index in [1.165, 1.54) is 66.6 Å². The molecule has 3 aliphatic rings. The van der Waals surface area contributed by atoms with Crippen molar-refractivity contribution in [1.82, 2.24) is 0 Å². The molecule has 0 aromatic heterocycles. The van der Waals surface area contributed by atoms with E-state index in [0.717, 1.165) is 5.92 Å². The SMILES string of the molecule is CCC[N+]12CCC(CC1)C(=C(c1ccccc1)c1ccccc1)C2.[Br-]. The smallest absolute Gasteiger partial charge is 0.102 e. The second-order valence-electron chi connectivity index (χ2n) is 7.58. The maximum Gasteiger partial charge on any atom is 0.102 e. The Labute approximate surface area is 162 Å². The van der Waals surface area contributed by atoms with Crippen LogP contribution in [0.25, 0.3) is 5.57 Å². The topological polar surface area (TPSA) is 0 Å². The van der Waals surface area contributed by atoms with E-state index in [2.05, 4.69) is 67.6 Å². The van der Waals surface area contributed by atoms with Crippen molar-refractivity contribution in [2.24, 2.45) is 5.92 Å². The van der Waals surface area contributed by atoms with Gasteiger partial charge in [-0.2, -0.15) is 0 Å². The third-order valence-corrected chi connectivity index (χ3v) is 6.05. The average Bonchev–Trinajstić information content (AvgIpc) is 2.65. The lowest BCUT2D eigenvalue weighted by atomic mass is 9.76. The lowest BCUT2D eigenvalue weighted by Crippen LogP contribution is -3.00. The number of quaternary nitrogens is 1. The molecule has 2 bridgehead atoms. The third kappa shape index (κ3) is 3.61. The van der Waals surface area contributed by atoms with Gasteiger partial charge in [-0.1, -0.05) is 67.6 Å². The van der Waals surface area contributed by atoms with Crippen LogP contribution in [0.15, 0.2) is 66.2 Å². The van der Waals surface area contributed by atoms with Crippen LogP contribution in [0.1, 0.15) is 37.3 Å². The van der Waals surface area contributed by atoms with Gasteiger partial charge in [0, 0.05) is 12.8 Å². The normalized spacial score (nSPS) is 24.7. The molecule has 0 unspecified atom stereocenters. The van der Waals surface area contributed by atoms with Gasteiger partial charge in [-0.3, -0.25) is 0 Å². The van der Waals surface area contributed by atoms with Crippen molar-refractivity contribution in [3.63, 3.8) is 0 Å². The van der Waals surface area contributed by atoms with Gasteiger partial charge in [-0.25, -0.2) is 0 Å². The van der Waals surface area contributed by atoms with Crippen LogP contribution in [0, 0.1) is 5.92 Å². The maximum atomic E-state index is 2.34. The molecular formula is C23H28BrN. The van der Waals surface area contributed by atoms with Crippen LogP contribution in [0.4, 0.5) is 0 Å². The molecule has 3 saturated heterocycles. The van der Waals surface area contributed by atoms with Crippen LogP contribution in [-0.4, -0.2) is 30.7 Å². The Bertz CT molecular complexity index is 665. The number of piperidine rings is 3. The van der Waals surface area contributed by atoms with Gasteiger partial charge in [-0.05, 0) is 34.6 Å². The Kier molecular flexibility index (Phi) is 5.81. The molecule has 0 N–H and O–H groups in total. The fourth-order valence-electron chi connectivity index (χ4n) is 4.92. The van der Waals surface area contributed by atoms with E-state index in [-0.39, 0.29) is 17.0 Å². The monoisotopic (exact) mass is 397 g/mol. The number of hydrogen-bond acceptors (Lipinski definition) is 0. The Hall–Kier alpha value is -1.38. The van der Waals surface area contributed by atoms with E-state index < -0.39 is 0 Å². The quantitative estimate of drug-likeness (QED) is 0.693. The van der Waals surface area contributed by atoms with Crippen LogP contribution in [0.5, 0.6) is 0 Å². The number of nitrogens with zero attached hydrogens (tertiary/aromatic N) is 1. The van der Waals surface area contributed by atoms with Gasteiger partial charge >= 0.3 is 0 Å². The second kappa shape index (κ2) is 7.88. The van der Waals surface area contributed by atoms with Crippen LogP contribution in [0.2, 0.25) is 0 Å². The average molecular weight is 398 g/mol. The lowest BCUT2D eigenvalue weighted by Gasteiger charge is -2.51. The summed E-state index contributed by atoms with van der Waals surface area (Å²) in [6.45, 7) is 7.72. The van der Waals surface area contributed by atoms with E-state index >= 15 is 0 Å². The minimum absolute atomic E-state index is 0. The Morgan fingerprint density at radius 3 is 1.88 bits per heavy atom. The summed E-state index contributed by atoms with van der Waals surface area (Å²) in [5, 5.41) is 0. The van der Waals surface area contributed by atoms with Crippen molar-refractivity contribution in [1.29, 1.82) is 0 Å². The first-order chi connectivity index (χ1) is 11.8. The molecule has 1 nitrogen and oxygen atoms in total. The first-order valence-corrected chi connectivity index (χ1v) is 9.50. The molecule has 0 amide bonds. The van der Waals surface area contributed by atoms with Gasteiger partial charge < -0.3 is 21.5 Å². The first kappa shape index (κ1) is 18.4. The van der Waals surface area contributed by atoms with E-state index in [9.17, 15) is 0 Å². The zero-order valence-electron chi connectivity index (χ0n) is 15.1. The number of fused-ring (bicyclic) bond motifs is 3. The highest BCUT2D eigenvalue weighted by Gasteiger charge is 2.43. The number of halogens is 1. The summed E-state index contributed by atoms with van der Waals surface area (Å²) in [7, 11) is 0. The maximum absolute atomic E-state index is 2.34. The molecular weight excluding hydrogens is 370 g/mol. The molecule has 0 saturated carbocycles. The van der Waals surface area contributed by atoms with E-state index in [0.29, 0.717) is 0 Å². The molecule has 3 heterocycles. The molecule has 0 atom stereocenters. The molecule has 0 radical (unpaired) electrons. The highest BCUT2D eigenvalue weighted by atomic mass is 79.9. The Morgan fingerprint density at radius 1 is 0.880 bits per heavy atom. The highest BCUT2D eigenvalue weighted by molar-refractivity contribution is 5.82. The molecule has 0 spiro atoms. The van der Waals surface area contributed by atoms with Gasteiger partial charge in [0.25, 0.3) is 0 Å². The first-order valence-electron chi connectivity index (χ1n) is 9.50. The lowest BCUT2D eigenvalue weighted by molar-refractivity contribution is -0.935. The standard InChI is InChI=1S/C23H28N.BrH/c1-2-15-24-16-13-19(14-17-24)22(18-24)23(20-9-5-3-6-10-20)21-11-7-4-8-12-21;/h3-12,19H,2,13-18H2,1H3;1H/q+1;/p-1. The molecule has 3 fully saturated rings. The molecule has 2 aromatic carbocycles. The van der Waals surface area contributed by atoms with E-state index in [4.69, 9.17) is 0 Å². The molecule has 2 aromatic rings. The minimum Gasteiger partial charge on any atom is -1.00 e. The van der Waals surface area contributed by atoms with Crippen LogP contribution in [0.3, 0.4) is 0 Å². The van der Waals surface area contributed by atoms with Crippen molar-refractivity contribution < 1.29 is 21.5 Å². The van der Waals surface area contributed by atoms with Gasteiger partial charge in [0.15, 0.2) is 0 Å². The molecule has 132 valence electrons. The second-order valence-corrected chi connectivity index (χ2v) is 7.58. The van der Waals surface area contributed by atoms with Crippen LogP contribution < -0.4 is 17.0 Å². The summed E-state index contributed by atoms with van der Waals surface area (Å²) in [5.41, 5.74) is 6.02. The third-order valence-electron chi connectivity index (χ3n) is 6.05. The van der Waals surface area contributed by atoms with Crippen molar-refractivity contribution in [2.75, 3.05) is 26.2 Å². The van der Waals surface area contributed by atoms with E-state index in [1.54, 1.807) is 5.57 Å². The summed E-state index contributed by atoms with van der Waals surface area (Å²) in [6.07, 6.45) is 4.04. The summed E-state index contributed by atoms with van der Waals surface area (Å²) >= 11 is 0. The highest BCUT2D eigenvalue weighted by Crippen LogP contribution is 2.42. The zero-order valence-corrected chi connectivity index (χ0v) is 16.7. The van der Waals surface area contributed by atoms with Crippen molar-refractivity contribution in [2.45, 2.75) is 26.2 Å². The molecule has 0 aliphatic carbocycles. The van der Waals surface area contributed by atoms with Crippen molar-refractivity contribution in [3.8, 4) is 0 Å². The fraction of sp³-hybridized carbons (Fsp3) is 0.391. The fourth-order valence-corrected chi connectivity index (χ4v) is 4.92. The molecule has 25 heavy (non-hydrogen) atoms. The predicted molar refractivity (Wildman–Crippen MR) is 102 cm³/mol. The Balaban J connectivity index is 0.00000182. The number of rotatable bonds is 4. The molecule has 5 rings (SSSR count). The van der Waals surface area contributed by atoms with Gasteiger partial charge in [0.1, 0.15) is 6.54 Å². The largest absolute Gasteiger partial charge is 1.00 e. The summed E-state index contributed by atoms with van der Waals surface area (Å²) in [4.78, 5) is 0.